The lowest BCUT2D eigenvalue weighted by Gasteiger charge is -2.15. The van der Waals surface area contributed by atoms with E-state index < -0.39 is 23.9 Å². The van der Waals surface area contributed by atoms with Gasteiger partial charge in [-0.05, 0) is 86.6 Å². The van der Waals surface area contributed by atoms with E-state index in [2.05, 4.69) is 61.8 Å². The molecule has 0 N–H and O–H groups in total. The number of carbonyl (C=O) groups excluding carboxylic acids is 4. The molecule has 0 aromatic heterocycles. The second-order valence-corrected chi connectivity index (χ2v) is 11.1. The Morgan fingerprint density at radius 1 is 0.537 bits per heavy atom. The molecular weight excluding hydrogens is 684 g/mol. The maximum Gasteiger partial charge on any atom is 0.338 e. The second kappa shape index (κ2) is 18.4. The van der Waals surface area contributed by atoms with Gasteiger partial charge in [-0.1, -0.05) is 61.8 Å². The number of benzene rings is 4. The van der Waals surface area contributed by atoms with Crippen molar-refractivity contribution >= 4 is 23.9 Å². The normalized spacial score (nSPS) is 9.54. The minimum atomic E-state index is -0.855. The first-order chi connectivity index (χ1) is 25.9. The molecule has 9 nitrogen and oxygen atoms in total. The van der Waals surface area contributed by atoms with E-state index in [9.17, 15) is 19.2 Å². The summed E-state index contributed by atoms with van der Waals surface area (Å²) in [6, 6.07) is 21.7. The van der Waals surface area contributed by atoms with Crippen molar-refractivity contribution < 1.29 is 42.9 Å². The first-order valence-corrected chi connectivity index (χ1v) is 16.0. The van der Waals surface area contributed by atoms with Crippen molar-refractivity contribution in [2.24, 2.45) is 0 Å². The summed E-state index contributed by atoms with van der Waals surface area (Å²) in [6.07, 6.45) is 1.88. The van der Waals surface area contributed by atoms with Gasteiger partial charge in [-0.15, -0.1) is 0 Å². The molecule has 54 heavy (non-hydrogen) atoms. The van der Waals surface area contributed by atoms with Crippen LogP contribution < -0.4 is 23.7 Å². The monoisotopic (exact) mass is 716 g/mol. The summed E-state index contributed by atoms with van der Waals surface area (Å²) < 4.78 is 27.2. The highest BCUT2D eigenvalue weighted by Crippen LogP contribution is 2.41. The summed E-state index contributed by atoms with van der Waals surface area (Å²) in [7, 11) is 1.40. The van der Waals surface area contributed by atoms with Crippen molar-refractivity contribution in [2.75, 3.05) is 7.11 Å². The largest absolute Gasteiger partial charge is 0.495 e. The molecule has 0 saturated carbocycles. The van der Waals surface area contributed by atoms with Crippen LogP contribution in [0.4, 0.5) is 0 Å². The van der Waals surface area contributed by atoms with E-state index >= 15 is 0 Å². The number of rotatable bonds is 9. The maximum absolute atomic E-state index is 12.5. The summed E-state index contributed by atoms with van der Waals surface area (Å²) in [5.41, 5.74) is 3.29. The van der Waals surface area contributed by atoms with E-state index in [-0.39, 0.29) is 33.9 Å². The van der Waals surface area contributed by atoms with Gasteiger partial charge in [-0.2, -0.15) is 0 Å². The lowest BCUT2D eigenvalue weighted by atomic mass is 10.1. The van der Waals surface area contributed by atoms with E-state index in [1.165, 1.54) is 20.1 Å². The smallest absolute Gasteiger partial charge is 0.338 e. The average Bonchev–Trinajstić information content (AvgIpc) is 3.17. The van der Waals surface area contributed by atoms with Gasteiger partial charge >= 0.3 is 23.9 Å². The summed E-state index contributed by atoms with van der Waals surface area (Å²) in [4.78, 5) is 48.6. The minimum absolute atomic E-state index is 0.0926. The number of hydrogen-bond acceptors (Lipinski definition) is 9. The van der Waals surface area contributed by atoms with Crippen LogP contribution >= 0.6 is 0 Å². The highest BCUT2D eigenvalue weighted by molar-refractivity contribution is 5.90. The molecule has 4 aromatic rings. The Morgan fingerprint density at radius 3 is 1.30 bits per heavy atom. The molecule has 266 valence electrons. The molecule has 4 aromatic carbocycles. The molecule has 0 unspecified atom stereocenters. The minimum Gasteiger partial charge on any atom is -0.495 e. The van der Waals surface area contributed by atoms with Crippen molar-refractivity contribution in [3.63, 3.8) is 0 Å². The number of methoxy groups -OCH3 is 1. The van der Waals surface area contributed by atoms with Crippen LogP contribution in [0.25, 0.3) is 0 Å². The number of esters is 4. The highest BCUT2D eigenvalue weighted by Gasteiger charge is 2.24. The third-order valence-electron chi connectivity index (χ3n) is 6.89. The Bertz CT molecular complexity index is 2360. The van der Waals surface area contributed by atoms with Gasteiger partial charge in [0.15, 0.2) is 11.5 Å². The zero-order chi connectivity index (χ0) is 39.2. The Labute approximate surface area is 313 Å². The van der Waals surface area contributed by atoms with Gasteiger partial charge < -0.3 is 23.7 Å². The molecule has 0 aliphatic heterocycles. The molecule has 0 radical (unpaired) electrons. The highest BCUT2D eigenvalue weighted by atomic mass is 16.6. The number of ether oxygens (including phenoxy) is 5. The van der Waals surface area contributed by atoms with Crippen LogP contribution in [0.15, 0.2) is 128 Å². The third-order valence-corrected chi connectivity index (χ3v) is 6.89. The van der Waals surface area contributed by atoms with Crippen LogP contribution in [-0.2, 0) is 19.2 Å². The van der Waals surface area contributed by atoms with E-state index in [4.69, 9.17) is 23.7 Å². The van der Waals surface area contributed by atoms with Crippen LogP contribution in [0, 0.1) is 35.5 Å². The van der Waals surface area contributed by atoms with Crippen LogP contribution in [0.1, 0.15) is 47.2 Å². The molecule has 4 rings (SSSR count). The lowest BCUT2D eigenvalue weighted by Crippen LogP contribution is -2.12. The summed E-state index contributed by atoms with van der Waals surface area (Å²) in [5.74, 6) is 15.6. The van der Waals surface area contributed by atoms with Crippen molar-refractivity contribution in [1.82, 2.24) is 0 Å². The molecule has 0 bridgehead atoms. The molecule has 0 spiro atoms. The van der Waals surface area contributed by atoms with Gasteiger partial charge in [0.05, 0.1) is 12.7 Å². The van der Waals surface area contributed by atoms with Crippen LogP contribution in [-0.4, -0.2) is 31.0 Å². The van der Waals surface area contributed by atoms with Crippen LogP contribution in [0.5, 0.6) is 28.7 Å². The van der Waals surface area contributed by atoms with Crippen molar-refractivity contribution in [2.45, 2.75) is 13.8 Å². The molecule has 0 atom stereocenters. The predicted octanol–water partition coefficient (Wildman–Crippen LogP) is 7.04. The fraction of sp³-hybridized carbons (Fsp3) is 0.0667. The molecule has 0 aliphatic carbocycles. The van der Waals surface area contributed by atoms with Gasteiger partial charge in [0, 0.05) is 51.6 Å². The number of hydrogen-bond donors (Lipinski definition) is 0. The van der Waals surface area contributed by atoms with E-state index in [1.807, 2.05) is 0 Å². The second-order valence-electron chi connectivity index (χ2n) is 11.1. The molecule has 0 heterocycles. The van der Waals surface area contributed by atoms with Gasteiger partial charge in [0.25, 0.3) is 0 Å². The number of carbonyl (C=O) groups is 4. The van der Waals surface area contributed by atoms with Gasteiger partial charge in [-0.3, -0.25) is 0 Å². The van der Waals surface area contributed by atoms with Crippen LogP contribution in [0.3, 0.4) is 0 Å². The summed E-state index contributed by atoms with van der Waals surface area (Å²) in [6.45, 7) is 17.2. The molecule has 0 fully saturated rings. The summed E-state index contributed by atoms with van der Waals surface area (Å²) in [5, 5.41) is 0. The SMILES string of the molecule is C=CC(=O)Oc1c(C#Cc2ccc(OC(=O)C(=C)C)cc2)cc(OC)c(C#Cc2ccc(C#Cc3ccc(OC(=O)C(=C)C)cc3)cc2)c1OC(=O)C=C. The Hall–Kier alpha value is -7.80. The van der Waals surface area contributed by atoms with Gasteiger partial charge in [0.2, 0.25) is 0 Å². The zero-order valence-electron chi connectivity index (χ0n) is 29.7. The molecule has 0 saturated heterocycles. The zero-order valence-corrected chi connectivity index (χ0v) is 29.7. The third kappa shape index (κ3) is 10.8. The Kier molecular flexibility index (Phi) is 13.3. The first-order valence-electron chi connectivity index (χ1n) is 16.0. The maximum atomic E-state index is 12.5. The van der Waals surface area contributed by atoms with Crippen molar-refractivity contribution in [3.8, 4) is 64.3 Å². The first kappa shape index (κ1) is 39.0. The van der Waals surface area contributed by atoms with E-state index in [0.29, 0.717) is 39.3 Å². The van der Waals surface area contributed by atoms with E-state index in [0.717, 1.165) is 12.2 Å². The average molecular weight is 717 g/mol. The standard InChI is InChI=1S/C45H32O9/c1-8-40(46)53-42-35(22-16-34-19-25-37(26-20-34)52-45(49)30(5)6)28-39(50-7)38(43(42)54-41(47)9-2)27-21-32-13-10-31(11-14-32)12-15-33-17-23-36(24-18-33)51-44(48)29(3)4/h8-11,13-14,17-20,23-26,28H,1-3,5H2,4,6-7H3. The lowest BCUT2D eigenvalue weighted by molar-refractivity contribution is -0.131. The quantitative estimate of drug-likeness (QED) is 0.0779. The Morgan fingerprint density at radius 2 is 0.907 bits per heavy atom. The molecular formula is C45H32O9. The molecule has 0 aliphatic rings. The van der Waals surface area contributed by atoms with Crippen molar-refractivity contribution in [1.29, 1.82) is 0 Å². The fourth-order valence-corrected chi connectivity index (χ4v) is 4.13. The van der Waals surface area contributed by atoms with Crippen molar-refractivity contribution in [3.05, 3.63) is 162 Å². The van der Waals surface area contributed by atoms with E-state index in [1.54, 1.807) is 79.7 Å². The topological polar surface area (TPSA) is 114 Å². The summed E-state index contributed by atoms with van der Waals surface area (Å²) >= 11 is 0. The van der Waals surface area contributed by atoms with Crippen LogP contribution in [0.2, 0.25) is 0 Å². The predicted molar refractivity (Wildman–Crippen MR) is 203 cm³/mol. The van der Waals surface area contributed by atoms with Gasteiger partial charge in [0.1, 0.15) is 22.8 Å². The van der Waals surface area contributed by atoms with Gasteiger partial charge in [-0.25, -0.2) is 19.2 Å². The molecule has 0 amide bonds. The Balaban J connectivity index is 1.69. The fourth-order valence-electron chi connectivity index (χ4n) is 4.13. The molecule has 9 heteroatoms.